The molecule has 1 aliphatic rings. The number of aromatic nitrogens is 4. The highest BCUT2D eigenvalue weighted by Crippen LogP contribution is 2.34. The summed E-state index contributed by atoms with van der Waals surface area (Å²) in [5, 5.41) is 12.3. The Hall–Kier alpha value is -1.76. The maximum atomic E-state index is 13.6. The van der Waals surface area contributed by atoms with E-state index in [1.165, 1.54) is 30.7 Å². The molecule has 1 saturated carbocycles. The van der Waals surface area contributed by atoms with Crippen molar-refractivity contribution < 1.29 is 9.18 Å². The monoisotopic (exact) mass is 292 g/mol. The van der Waals surface area contributed by atoms with Crippen LogP contribution in [0.25, 0.3) is 0 Å². The van der Waals surface area contributed by atoms with Crippen molar-refractivity contribution in [1.29, 1.82) is 0 Å². The summed E-state index contributed by atoms with van der Waals surface area (Å²) in [6, 6.07) is 4.86. The van der Waals surface area contributed by atoms with Crippen molar-refractivity contribution >= 4 is 18.0 Å². The van der Waals surface area contributed by atoms with Crippen molar-refractivity contribution in [2.45, 2.75) is 41.8 Å². The van der Waals surface area contributed by atoms with Crippen molar-refractivity contribution in [3.63, 3.8) is 0 Å². The van der Waals surface area contributed by atoms with E-state index in [0.29, 0.717) is 22.4 Å². The summed E-state index contributed by atoms with van der Waals surface area (Å²) in [6.07, 6.45) is 4.99. The minimum Gasteiger partial charge on any atom is -0.298 e. The number of aldehydes is 1. The molecule has 0 spiro atoms. The lowest BCUT2D eigenvalue weighted by Gasteiger charge is -2.11. The maximum absolute atomic E-state index is 13.6. The standard InChI is InChI=1S/C13H13FN4OS/c14-11-6-3-7-12(10(11)8-19)20-13-15-16-17-18(13)9-4-1-2-5-9/h3,6-9H,1-2,4-5H2. The van der Waals surface area contributed by atoms with Crippen molar-refractivity contribution in [1.82, 2.24) is 20.2 Å². The number of rotatable bonds is 4. The summed E-state index contributed by atoms with van der Waals surface area (Å²) in [5.41, 5.74) is 0.0541. The number of hydrogen-bond donors (Lipinski definition) is 0. The van der Waals surface area contributed by atoms with Gasteiger partial charge in [-0.2, -0.15) is 0 Å². The average molecular weight is 292 g/mol. The normalized spacial score (nSPS) is 15.7. The minimum atomic E-state index is -0.523. The Labute approximate surface area is 119 Å². The number of hydrogen-bond acceptors (Lipinski definition) is 5. The molecule has 1 fully saturated rings. The van der Waals surface area contributed by atoms with Crippen LogP contribution in [0.4, 0.5) is 4.39 Å². The maximum Gasteiger partial charge on any atom is 0.214 e. The summed E-state index contributed by atoms with van der Waals surface area (Å²) < 4.78 is 15.4. The molecule has 3 rings (SSSR count). The molecule has 0 aliphatic heterocycles. The molecular formula is C13H13FN4OS. The molecule has 20 heavy (non-hydrogen) atoms. The van der Waals surface area contributed by atoms with Crippen molar-refractivity contribution in [3.8, 4) is 0 Å². The molecule has 0 unspecified atom stereocenters. The van der Waals surface area contributed by atoms with E-state index in [1.54, 1.807) is 16.8 Å². The Kier molecular flexibility index (Phi) is 3.77. The molecule has 0 N–H and O–H groups in total. The van der Waals surface area contributed by atoms with E-state index < -0.39 is 5.82 Å². The third kappa shape index (κ3) is 2.45. The van der Waals surface area contributed by atoms with Gasteiger partial charge in [0.05, 0.1) is 11.6 Å². The van der Waals surface area contributed by atoms with Gasteiger partial charge in [0.1, 0.15) is 5.82 Å². The van der Waals surface area contributed by atoms with Gasteiger partial charge in [0, 0.05) is 4.90 Å². The molecule has 0 amide bonds. The Morgan fingerprint density at radius 2 is 2.15 bits per heavy atom. The van der Waals surface area contributed by atoms with E-state index in [-0.39, 0.29) is 5.56 Å². The van der Waals surface area contributed by atoms with Crippen molar-refractivity contribution in [2.75, 3.05) is 0 Å². The zero-order valence-electron chi connectivity index (χ0n) is 10.7. The molecule has 1 heterocycles. The second-order valence-electron chi connectivity index (χ2n) is 4.72. The van der Waals surface area contributed by atoms with E-state index in [9.17, 15) is 9.18 Å². The molecule has 1 aliphatic carbocycles. The van der Waals surface area contributed by atoms with Gasteiger partial charge in [0.2, 0.25) is 5.16 Å². The first-order valence-electron chi connectivity index (χ1n) is 6.49. The quantitative estimate of drug-likeness (QED) is 0.811. The van der Waals surface area contributed by atoms with Crippen LogP contribution in [-0.2, 0) is 0 Å². The Bertz CT molecular complexity index is 625. The van der Waals surface area contributed by atoms with E-state index >= 15 is 0 Å². The molecule has 104 valence electrons. The molecule has 1 aromatic heterocycles. The lowest BCUT2D eigenvalue weighted by molar-refractivity contribution is 0.111. The second kappa shape index (κ2) is 5.70. The average Bonchev–Trinajstić information content (AvgIpc) is 3.09. The first kappa shape index (κ1) is 13.2. The summed E-state index contributed by atoms with van der Waals surface area (Å²) >= 11 is 1.23. The first-order chi connectivity index (χ1) is 9.79. The SMILES string of the molecule is O=Cc1c(F)cccc1Sc1nnnn1C1CCCC1. The number of nitrogens with zero attached hydrogens (tertiary/aromatic N) is 4. The smallest absolute Gasteiger partial charge is 0.214 e. The van der Waals surface area contributed by atoms with Gasteiger partial charge in [-0.15, -0.1) is 5.10 Å². The van der Waals surface area contributed by atoms with Crippen LogP contribution >= 0.6 is 11.8 Å². The molecule has 5 nitrogen and oxygen atoms in total. The Morgan fingerprint density at radius 3 is 2.90 bits per heavy atom. The van der Waals surface area contributed by atoms with Crippen LogP contribution in [0.15, 0.2) is 28.3 Å². The van der Waals surface area contributed by atoms with Gasteiger partial charge in [0.25, 0.3) is 0 Å². The van der Waals surface area contributed by atoms with Gasteiger partial charge in [-0.3, -0.25) is 4.79 Å². The third-order valence-corrected chi connectivity index (χ3v) is 4.49. The number of carbonyl (C=O) groups is 1. The second-order valence-corrected chi connectivity index (χ2v) is 5.72. The van der Waals surface area contributed by atoms with Gasteiger partial charge in [0.15, 0.2) is 6.29 Å². The van der Waals surface area contributed by atoms with Crippen molar-refractivity contribution in [2.24, 2.45) is 0 Å². The number of halogens is 1. The van der Waals surface area contributed by atoms with Crippen LogP contribution in [0.1, 0.15) is 42.1 Å². The van der Waals surface area contributed by atoms with Crippen LogP contribution in [0.5, 0.6) is 0 Å². The van der Waals surface area contributed by atoms with Gasteiger partial charge in [-0.1, -0.05) is 18.9 Å². The zero-order chi connectivity index (χ0) is 13.9. The minimum absolute atomic E-state index is 0.0541. The fourth-order valence-electron chi connectivity index (χ4n) is 2.45. The van der Waals surface area contributed by atoms with E-state index in [2.05, 4.69) is 15.5 Å². The molecule has 0 radical (unpaired) electrons. The summed E-state index contributed by atoms with van der Waals surface area (Å²) in [7, 11) is 0. The topological polar surface area (TPSA) is 60.7 Å². The summed E-state index contributed by atoms with van der Waals surface area (Å²) in [6.45, 7) is 0. The fraction of sp³-hybridized carbons (Fsp3) is 0.385. The largest absolute Gasteiger partial charge is 0.298 e. The van der Waals surface area contributed by atoms with Crippen LogP contribution in [0.3, 0.4) is 0 Å². The van der Waals surface area contributed by atoms with Crippen LogP contribution in [-0.4, -0.2) is 26.5 Å². The van der Waals surface area contributed by atoms with Crippen LogP contribution < -0.4 is 0 Å². The first-order valence-corrected chi connectivity index (χ1v) is 7.30. The molecule has 7 heteroatoms. The molecule has 0 bridgehead atoms. The van der Waals surface area contributed by atoms with Gasteiger partial charge in [-0.05, 0) is 47.2 Å². The third-order valence-electron chi connectivity index (χ3n) is 3.47. The van der Waals surface area contributed by atoms with Gasteiger partial charge < -0.3 is 0 Å². The predicted octanol–water partition coefficient (Wildman–Crippen LogP) is 2.89. The molecule has 2 aromatic rings. The number of tetrazole rings is 1. The highest BCUT2D eigenvalue weighted by Gasteiger charge is 2.22. The van der Waals surface area contributed by atoms with E-state index in [4.69, 9.17) is 0 Å². The van der Waals surface area contributed by atoms with Crippen molar-refractivity contribution in [3.05, 3.63) is 29.6 Å². The molecule has 1 aromatic carbocycles. The van der Waals surface area contributed by atoms with Gasteiger partial charge in [-0.25, -0.2) is 9.07 Å². The number of benzene rings is 1. The molecular weight excluding hydrogens is 279 g/mol. The molecule has 0 saturated heterocycles. The van der Waals surface area contributed by atoms with E-state index in [1.807, 2.05) is 0 Å². The van der Waals surface area contributed by atoms with Gasteiger partial charge >= 0.3 is 0 Å². The predicted molar refractivity (Wildman–Crippen MR) is 71.2 cm³/mol. The summed E-state index contributed by atoms with van der Waals surface area (Å²) in [5.74, 6) is -0.523. The number of carbonyl (C=O) groups excluding carboxylic acids is 1. The molecule has 0 atom stereocenters. The fourth-order valence-corrected chi connectivity index (χ4v) is 3.40. The Balaban J connectivity index is 1.90. The Morgan fingerprint density at radius 1 is 1.35 bits per heavy atom. The highest BCUT2D eigenvalue weighted by atomic mass is 32.2. The lowest BCUT2D eigenvalue weighted by Crippen LogP contribution is -2.08. The summed E-state index contributed by atoms with van der Waals surface area (Å²) in [4.78, 5) is 11.5. The highest BCUT2D eigenvalue weighted by molar-refractivity contribution is 7.99. The zero-order valence-corrected chi connectivity index (χ0v) is 11.5. The van der Waals surface area contributed by atoms with E-state index in [0.717, 1.165) is 12.8 Å². The lowest BCUT2D eigenvalue weighted by atomic mass is 10.2. The van der Waals surface area contributed by atoms with Crippen LogP contribution in [0.2, 0.25) is 0 Å². The van der Waals surface area contributed by atoms with Crippen LogP contribution in [0, 0.1) is 5.82 Å².